The maximum Gasteiger partial charge on any atom is 0.0978 e. The molecular weight excluding hydrogens is 112 g/mol. The van der Waals surface area contributed by atoms with Crippen LogP contribution in [0.15, 0.2) is 12.8 Å². The van der Waals surface area contributed by atoms with E-state index in [9.17, 15) is 0 Å². The Kier molecular flexibility index (Phi) is 5.38. The van der Waals surface area contributed by atoms with Crippen LogP contribution in [0, 0.1) is 6.42 Å². The number of rotatable bonds is 5. The highest BCUT2D eigenvalue weighted by atomic mass is 16.5. The third-order valence-corrected chi connectivity index (χ3v) is 1.24. The lowest BCUT2D eigenvalue weighted by molar-refractivity contribution is 0.140. The first kappa shape index (κ1) is 8.54. The van der Waals surface area contributed by atoms with Gasteiger partial charge in [-0.2, -0.15) is 0 Å². The predicted octanol–water partition coefficient (Wildman–Crippen LogP) is 2.54. The van der Waals surface area contributed by atoms with Gasteiger partial charge in [0, 0.05) is 0 Å². The Morgan fingerprint density at radius 2 is 2.33 bits per heavy atom. The lowest BCUT2D eigenvalue weighted by atomic mass is 10.2. The number of ether oxygens (including phenoxy) is 1. The zero-order valence-corrected chi connectivity index (χ0v) is 6.26. The largest absolute Gasteiger partial charge is 0.499 e. The highest BCUT2D eigenvalue weighted by Crippen LogP contribution is 2.04. The van der Waals surface area contributed by atoms with Gasteiger partial charge in [-0.25, -0.2) is 0 Å². The lowest BCUT2D eigenvalue weighted by Crippen LogP contribution is -2.06. The van der Waals surface area contributed by atoms with Crippen LogP contribution in [0.3, 0.4) is 0 Å². The topological polar surface area (TPSA) is 9.23 Å². The molecule has 9 heavy (non-hydrogen) atoms. The molecule has 0 saturated heterocycles. The first-order chi connectivity index (χ1) is 4.35. The summed E-state index contributed by atoms with van der Waals surface area (Å²) in [7, 11) is 0. The summed E-state index contributed by atoms with van der Waals surface area (Å²) in [6, 6.07) is 0. The van der Waals surface area contributed by atoms with Gasteiger partial charge in [-0.1, -0.05) is 20.4 Å². The molecule has 0 heterocycles. The molecule has 1 unspecified atom stereocenters. The summed E-state index contributed by atoms with van der Waals surface area (Å²) in [6.07, 6.45) is 6.03. The van der Waals surface area contributed by atoms with Crippen molar-refractivity contribution in [3.63, 3.8) is 0 Å². The van der Waals surface area contributed by atoms with E-state index in [0.29, 0.717) is 6.10 Å². The molecule has 0 aliphatic rings. The smallest absolute Gasteiger partial charge is 0.0978 e. The predicted molar refractivity (Wildman–Crippen MR) is 40.0 cm³/mol. The molecule has 1 atom stereocenters. The molecule has 0 N–H and O–H groups in total. The molecule has 0 aromatic rings. The summed E-state index contributed by atoms with van der Waals surface area (Å²) >= 11 is 0. The Morgan fingerprint density at radius 3 is 2.67 bits per heavy atom. The van der Waals surface area contributed by atoms with E-state index < -0.39 is 0 Å². The van der Waals surface area contributed by atoms with E-state index in [-0.39, 0.29) is 0 Å². The first-order valence-electron chi connectivity index (χ1n) is 3.39. The van der Waals surface area contributed by atoms with Crippen LogP contribution in [0.4, 0.5) is 0 Å². The standard InChI is InChI=1S/C8H15O/c1-4-7-8(5-2)9-6-3/h4,6,8H,3,5,7H2,1-2H3. The van der Waals surface area contributed by atoms with Crippen LogP contribution in [-0.4, -0.2) is 6.10 Å². The molecule has 1 heteroatoms. The molecule has 0 fully saturated rings. The molecule has 0 aromatic heterocycles. The van der Waals surface area contributed by atoms with E-state index in [0.717, 1.165) is 12.8 Å². The van der Waals surface area contributed by atoms with Crippen molar-refractivity contribution in [3.05, 3.63) is 19.3 Å². The van der Waals surface area contributed by atoms with E-state index in [4.69, 9.17) is 4.74 Å². The van der Waals surface area contributed by atoms with Crippen molar-refractivity contribution in [3.8, 4) is 0 Å². The summed E-state index contributed by atoms with van der Waals surface area (Å²) in [5.74, 6) is 0. The van der Waals surface area contributed by atoms with E-state index in [1.54, 1.807) is 0 Å². The fourth-order valence-electron chi connectivity index (χ4n) is 0.717. The summed E-state index contributed by atoms with van der Waals surface area (Å²) in [5.41, 5.74) is 0. The van der Waals surface area contributed by atoms with Crippen LogP contribution in [0.1, 0.15) is 26.7 Å². The van der Waals surface area contributed by atoms with Crippen LogP contribution in [-0.2, 0) is 4.74 Å². The molecular formula is C8H15O. The van der Waals surface area contributed by atoms with Gasteiger partial charge in [0.15, 0.2) is 0 Å². The SMILES string of the molecule is C=COC(CC)C[CH]C. The second kappa shape index (κ2) is 5.67. The minimum Gasteiger partial charge on any atom is -0.499 e. The molecule has 1 radical (unpaired) electrons. The molecule has 0 rings (SSSR count). The van der Waals surface area contributed by atoms with Crippen LogP contribution < -0.4 is 0 Å². The molecule has 0 spiro atoms. The highest BCUT2D eigenvalue weighted by Gasteiger charge is 2.01. The Morgan fingerprint density at radius 1 is 1.67 bits per heavy atom. The van der Waals surface area contributed by atoms with Crippen molar-refractivity contribution in [2.75, 3.05) is 0 Å². The van der Waals surface area contributed by atoms with E-state index >= 15 is 0 Å². The summed E-state index contributed by atoms with van der Waals surface area (Å²) in [5, 5.41) is 0. The molecule has 1 nitrogen and oxygen atoms in total. The Bertz CT molecular complexity index is 69.0. The van der Waals surface area contributed by atoms with Gasteiger partial charge in [0.25, 0.3) is 0 Å². The average molecular weight is 127 g/mol. The summed E-state index contributed by atoms with van der Waals surface area (Å²) in [6.45, 7) is 7.64. The highest BCUT2D eigenvalue weighted by molar-refractivity contribution is 4.67. The van der Waals surface area contributed by atoms with Crippen molar-refractivity contribution in [2.24, 2.45) is 0 Å². The third kappa shape index (κ3) is 4.07. The van der Waals surface area contributed by atoms with Crippen LogP contribution >= 0.6 is 0 Å². The van der Waals surface area contributed by atoms with Gasteiger partial charge in [-0.05, 0) is 19.3 Å². The van der Waals surface area contributed by atoms with Gasteiger partial charge in [0.2, 0.25) is 0 Å². The van der Waals surface area contributed by atoms with E-state index in [2.05, 4.69) is 19.9 Å². The lowest BCUT2D eigenvalue weighted by Gasteiger charge is -2.11. The molecule has 53 valence electrons. The fraction of sp³-hybridized carbons (Fsp3) is 0.625. The monoisotopic (exact) mass is 127 g/mol. The Balaban J connectivity index is 3.28. The molecule has 0 aliphatic heterocycles. The zero-order valence-electron chi connectivity index (χ0n) is 6.26. The minimum atomic E-state index is 0.340. The van der Waals surface area contributed by atoms with Crippen LogP contribution in [0.2, 0.25) is 0 Å². The number of hydrogen-bond acceptors (Lipinski definition) is 1. The van der Waals surface area contributed by atoms with Gasteiger partial charge < -0.3 is 4.74 Å². The molecule has 0 aliphatic carbocycles. The van der Waals surface area contributed by atoms with Gasteiger partial charge in [-0.15, -0.1) is 0 Å². The van der Waals surface area contributed by atoms with Gasteiger partial charge in [0.05, 0.1) is 12.4 Å². The Labute approximate surface area is 57.7 Å². The normalized spacial score (nSPS) is 12.7. The van der Waals surface area contributed by atoms with Crippen molar-refractivity contribution >= 4 is 0 Å². The number of hydrogen-bond donors (Lipinski definition) is 0. The summed E-state index contributed by atoms with van der Waals surface area (Å²) in [4.78, 5) is 0. The fourth-order valence-corrected chi connectivity index (χ4v) is 0.717. The van der Waals surface area contributed by atoms with Crippen molar-refractivity contribution in [1.29, 1.82) is 0 Å². The second-order valence-electron chi connectivity index (χ2n) is 1.98. The molecule has 0 amide bonds. The second-order valence-corrected chi connectivity index (χ2v) is 1.98. The van der Waals surface area contributed by atoms with Gasteiger partial charge in [0.1, 0.15) is 0 Å². The quantitative estimate of drug-likeness (QED) is 0.516. The maximum absolute atomic E-state index is 5.16. The molecule has 0 aromatic carbocycles. The average Bonchev–Trinajstić information content (AvgIpc) is 1.88. The summed E-state index contributed by atoms with van der Waals surface area (Å²) < 4.78 is 5.16. The van der Waals surface area contributed by atoms with Gasteiger partial charge >= 0.3 is 0 Å². The maximum atomic E-state index is 5.16. The molecule has 0 bridgehead atoms. The molecule has 0 saturated carbocycles. The Hall–Kier alpha value is -0.460. The van der Waals surface area contributed by atoms with Crippen molar-refractivity contribution in [1.82, 2.24) is 0 Å². The zero-order chi connectivity index (χ0) is 7.11. The van der Waals surface area contributed by atoms with E-state index in [1.807, 2.05) is 6.92 Å². The van der Waals surface area contributed by atoms with Crippen molar-refractivity contribution < 1.29 is 4.74 Å². The van der Waals surface area contributed by atoms with E-state index in [1.165, 1.54) is 6.26 Å². The van der Waals surface area contributed by atoms with Crippen LogP contribution in [0.25, 0.3) is 0 Å². The van der Waals surface area contributed by atoms with Crippen molar-refractivity contribution in [2.45, 2.75) is 32.8 Å². The van der Waals surface area contributed by atoms with Gasteiger partial charge in [-0.3, -0.25) is 0 Å². The minimum absolute atomic E-state index is 0.340. The van der Waals surface area contributed by atoms with Crippen LogP contribution in [0.5, 0.6) is 0 Å². The first-order valence-corrected chi connectivity index (χ1v) is 3.39. The third-order valence-electron chi connectivity index (χ3n) is 1.24.